The van der Waals surface area contributed by atoms with Gasteiger partial charge >= 0.3 is 5.97 Å². The number of para-hydroxylation sites is 1. The largest absolute Gasteiger partial charge is 0.481 e. The maximum absolute atomic E-state index is 11.3. The van der Waals surface area contributed by atoms with Crippen LogP contribution in [0.4, 0.5) is 5.69 Å². The van der Waals surface area contributed by atoms with Crippen LogP contribution in [-0.4, -0.2) is 33.0 Å². The van der Waals surface area contributed by atoms with E-state index < -0.39 is 5.97 Å². The smallest absolute Gasteiger partial charge is 0.303 e. The average molecular weight is 443 g/mol. The molecule has 2 aromatic rings. The predicted molar refractivity (Wildman–Crippen MR) is 125 cm³/mol. The lowest BCUT2D eigenvalue weighted by molar-refractivity contribution is -0.137. The number of nitrogens with two attached hydrogens (primary N) is 1. The molecule has 1 aliphatic heterocycles. The summed E-state index contributed by atoms with van der Waals surface area (Å²) in [5.41, 5.74) is 8.07. The number of aromatic nitrogens is 1. The van der Waals surface area contributed by atoms with Gasteiger partial charge in [-0.3, -0.25) is 4.79 Å². The van der Waals surface area contributed by atoms with E-state index in [1.165, 1.54) is 19.3 Å². The molecule has 1 aromatic heterocycles. The number of pyridine rings is 1. The van der Waals surface area contributed by atoms with Crippen molar-refractivity contribution in [1.82, 2.24) is 9.88 Å². The fourth-order valence-electron chi connectivity index (χ4n) is 4.54. The molecule has 8 heteroatoms. The molecule has 0 bridgehead atoms. The van der Waals surface area contributed by atoms with Crippen molar-refractivity contribution < 1.29 is 14.6 Å². The number of carbonyl (C=O) groups is 1. The number of guanidine groups is 1. The standard InChI is InChI=1S/C23H28N4O3.H2S/c24-23-26-19-14-25-21(30-18-9-5-2-6-10-18)13-17(19)15-27(23)20(11-12-22(28)29)16-7-3-1-4-8-16;/h2,5-6,9-10,13-14,16,20H,1,3-4,7-8,11-12,15H2,(H2,24,26)(H,28,29);1H2/t20-;/m0./s1. The van der Waals surface area contributed by atoms with E-state index in [4.69, 9.17) is 10.5 Å². The van der Waals surface area contributed by atoms with Crippen LogP contribution in [0.3, 0.4) is 0 Å². The summed E-state index contributed by atoms with van der Waals surface area (Å²) in [4.78, 5) is 22.3. The lowest BCUT2D eigenvalue weighted by Crippen LogP contribution is -2.49. The molecular formula is C23H30N4O3S. The summed E-state index contributed by atoms with van der Waals surface area (Å²) in [6.07, 6.45) is 8.24. The van der Waals surface area contributed by atoms with Crippen LogP contribution < -0.4 is 10.5 Å². The van der Waals surface area contributed by atoms with Gasteiger partial charge in [0.25, 0.3) is 0 Å². The minimum absolute atomic E-state index is 0. The molecule has 166 valence electrons. The maximum atomic E-state index is 11.3. The molecule has 2 heterocycles. The Labute approximate surface area is 189 Å². The van der Waals surface area contributed by atoms with Crippen LogP contribution in [-0.2, 0) is 11.3 Å². The zero-order valence-electron chi connectivity index (χ0n) is 17.5. The molecule has 0 amide bonds. The second-order valence-electron chi connectivity index (χ2n) is 8.06. The van der Waals surface area contributed by atoms with Gasteiger partial charge in [-0.25, -0.2) is 9.98 Å². The van der Waals surface area contributed by atoms with Crippen molar-refractivity contribution in [3.63, 3.8) is 0 Å². The van der Waals surface area contributed by atoms with E-state index in [0.29, 0.717) is 30.7 Å². The summed E-state index contributed by atoms with van der Waals surface area (Å²) < 4.78 is 5.88. The maximum Gasteiger partial charge on any atom is 0.303 e. The molecule has 0 saturated heterocycles. The number of benzene rings is 1. The van der Waals surface area contributed by atoms with Gasteiger partial charge in [0.1, 0.15) is 5.75 Å². The first kappa shape index (κ1) is 22.9. The Kier molecular flexibility index (Phi) is 7.79. The number of aliphatic imine (C=N–C) groups is 1. The minimum Gasteiger partial charge on any atom is -0.481 e. The highest BCUT2D eigenvalue weighted by Crippen LogP contribution is 2.36. The summed E-state index contributed by atoms with van der Waals surface area (Å²) in [6.45, 7) is 0.582. The summed E-state index contributed by atoms with van der Waals surface area (Å²) in [7, 11) is 0. The second kappa shape index (κ2) is 10.5. The van der Waals surface area contributed by atoms with Crippen LogP contribution in [0, 0.1) is 5.92 Å². The van der Waals surface area contributed by atoms with E-state index in [2.05, 4.69) is 14.9 Å². The van der Waals surface area contributed by atoms with Gasteiger partial charge in [-0.05, 0) is 37.3 Å². The van der Waals surface area contributed by atoms with Crippen LogP contribution in [0.2, 0.25) is 0 Å². The van der Waals surface area contributed by atoms with Gasteiger partial charge in [-0.1, -0.05) is 37.5 Å². The second-order valence-corrected chi connectivity index (χ2v) is 8.06. The quantitative estimate of drug-likeness (QED) is 0.652. The summed E-state index contributed by atoms with van der Waals surface area (Å²) in [6, 6.07) is 11.5. The fraction of sp³-hybridized carbons (Fsp3) is 0.435. The highest BCUT2D eigenvalue weighted by atomic mass is 32.1. The number of nitrogens with zero attached hydrogens (tertiary/aromatic N) is 3. The molecule has 7 nitrogen and oxygen atoms in total. The lowest BCUT2D eigenvalue weighted by atomic mass is 9.81. The van der Waals surface area contributed by atoms with E-state index >= 15 is 0 Å². The molecule has 2 aliphatic rings. The van der Waals surface area contributed by atoms with Gasteiger partial charge < -0.3 is 20.5 Å². The van der Waals surface area contributed by atoms with Gasteiger partial charge in [0.05, 0.1) is 11.9 Å². The third-order valence-electron chi connectivity index (χ3n) is 6.02. The lowest BCUT2D eigenvalue weighted by Gasteiger charge is -2.41. The van der Waals surface area contributed by atoms with E-state index in [1.807, 2.05) is 36.4 Å². The van der Waals surface area contributed by atoms with Gasteiger partial charge in [-0.2, -0.15) is 13.5 Å². The van der Waals surface area contributed by atoms with Crippen molar-refractivity contribution in [2.45, 2.75) is 57.5 Å². The third-order valence-corrected chi connectivity index (χ3v) is 6.02. The molecule has 1 atom stereocenters. The van der Waals surface area contributed by atoms with Gasteiger partial charge in [0.15, 0.2) is 5.96 Å². The molecule has 1 saturated carbocycles. The van der Waals surface area contributed by atoms with Crippen molar-refractivity contribution >= 4 is 31.1 Å². The zero-order chi connectivity index (χ0) is 20.9. The van der Waals surface area contributed by atoms with Crippen LogP contribution in [0.5, 0.6) is 11.6 Å². The Bertz CT molecular complexity index is 916. The number of rotatable bonds is 7. The first-order chi connectivity index (χ1) is 14.6. The molecule has 4 rings (SSSR count). The predicted octanol–water partition coefficient (Wildman–Crippen LogP) is 4.56. The van der Waals surface area contributed by atoms with Crippen molar-refractivity contribution in [1.29, 1.82) is 0 Å². The zero-order valence-corrected chi connectivity index (χ0v) is 18.5. The Morgan fingerprint density at radius 3 is 2.68 bits per heavy atom. The van der Waals surface area contributed by atoms with Crippen LogP contribution in [0.25, 0.3) is 0 Å². The van der Waals surface area contributed by atoms with Crippen molar-refractivity contribution in [2.24, 2.45) is 16.6 Å². The highest BCUT2D eigenvalue weighted by molar-refractivity contribution is 7.59. The first-order valence-corrected chi connectivity index (χ1v) is 10.6. The molecule has 1 aromatic carbocycles. The molecular weight excluding hydrogens is 412 g/mol. The number of ether oxygens (including phenoxy) is 1. The fourth-order valence-corrected chi connectivity index (χ4v) is 4.54. The Balaban J connectivity index is 0.00000272. The Morgan fingerprint density at radius 1 is 1.23 bits per heavy atom. The number of fused-ring (bicyclic) bond motifs is 1. The Hall–Kier alpha value is -2.74. The van der Waals surface area contributed by atoms with Crippen molar-refractivity contribution in [3.8, 4) is 11.6 Å². The number of hydrogen-bond donors (Lipinski definition) is 2. The summed E-state index contributed by atoms with van der Waals surface area (Å²) >= 11 is 0. The summed E-state index contributed by atoms with van der Waals surface area (Å²) in [5, 5.41) is 9.25. The van der Waals surface area contributed by atoms with E-state index in [1.54, 1.807) is 6.20 Å². The molecule has 31 heavy (non-hydrogen) atoms. The molecule has 1 aliphatic carbocycles. The van der Waals surface area contributed by atoms with Crippen molar-refractivity contribution in [2.75, 3.05) is 0 Å². The molecule has 0 unspecified atom stereocenters. The number of aliphatic carboxylic acids is 1. The monoisotopic (exact) mass is 442 g/mol. The van der Waals surface area contributed by atoms with Crippen LogP contribution in [0.1, 0.15) is 50.5 Å². The van der Waals surface area contributed by atoms with Gasteiger partial charge in [0.2, 0.25) is 5.88 Å². The van der Waals surface area contributed by atoms with Crippen molar-refractivity contribution in [3.05, 3.63) is 48.2 Å². The topological polar surface area (TPSA) is 101 Å². The minimum atomic E-state index is -0.772. The normalized spacial score (nSPS) is 17.2. The molecule has 0 radical (unpaired) electrons. The van der Waals surface area contributed by atoms with Crippen LogP contribution in [0.15, 0.2) is 47.6 Å². The van der Waals surface area contributed by atoms with Gasteiger partial charge in [0, 0.05) is 30.6 Å². The SMILES string of the molecule is NC1=Nc2cnc(Oc3ccccc3)cc2CN1[C@@H](CCC(=O)O)C1CCCCC1.S. The summed E-state index contributed by atoms with van der Waals surface area (Å²) in [5.74, 6) is 1.35. The highest BCUT2D eigenvalue weighted by Gasteiger charge is 2.32. The molecule has 1 fully saturated rings. The van der Waals surface area contributed by atoms with E-state index in [-0.39, 0.29) is 26.0 Å². The molecule has 3 N–H and O–H groups in total. The van der Waals surface area contributed by atoms with E-state index in [0.717, 1.165) is 29.8 Å². The average Bonchev–Trinajstić information content (AvgIpc) is 2.76. The van der Waals surface area contributed by atoms with Gasteiger partial charge in [-0.15, -0.1) is 0 Å². The number of carboxylic acids is 1. The number of hydrogen-bond acceptors (Lipinski definition) is 6. The van der Waals surface area contributed by atoms with Crippen LogP contribution >= 0.6 is 13.5 Å². The Morgan fingerprint density at radius 2 is 1.97 bits per heavy atom. The number of carboxylic acid groups (broad SMARTS) is 1. The van der Waals surface area contributed by atoms with E-state index in [9.17, 15) is 9.90 Å². The molecule has 0 spiro atoms. The third kappa shape index (κ3) is 5.70. The first-order valence-electron chi connectivity index (χ1n) is 10.6.